The predicted molar refractivity (Wildman–Crippen MR) is 83.4 cm³/mol. The lowest BCUT2D eigenvalue weighted by atomic mass is 10.1. The Kier molecular flexibility index (Phi) is 5.83. The number of hydrogen-bond acceptors (Lipinski definition) is 6. The molecule has 1 heterocycles. The number of benzene rings is 1. The van der Waals surface area contributed by atoms with Crippen molar-refractivity contribution in [2.75, 3.05) is 20.8 Å². The van der Waals surface area contributed by atoms with Crippen molar-refractivity contribution in [3.63, 3.8) is 0 Å². The summed E-state index contributed by atoms with van der Waals surface area (Å²) in [5.41, 5.74) is 3.76. The Morgan fingerprint density at radius 3 is 2.43 bits per heavy atom. The smallest absolute Gasteiger partial charge is 0.203 e. The molecule has 5 nitrogen and oxygen atoms in total. The lowest BCUT2D eigenvalue weighted by Gasteiger charge is -2.16. The van der Waals surface area contributed by atoms with Crippen LogP contribution in [-0.4, -0.2) is 25.7 Å². The summed E-state index contributed by atoms with van der Waals surface area (Å²) in [5.74, 6) is 1.93. The van der Waals surface area contributed by atoms with E-state index in [0.29, 0.717) is 23.9 Å². The second kappa shape index (κ2) is 7.85. The average Bonchev–Trinajstić information content (AvgIpc) is 3.03. The van der Waals surface area contributed by atoms with E-state index in [4.69, 9.17) is 14.2 Å². The Morgan fingerprint density at radius 2 is 1.90 bits per heavy atom. The predicted octanol–water partition coefficient (Wildman–Crippen LogP) is 2.85. The van der Waals surface area contributed by atoms with Gasteiger partial charge in [-0.15, -0.1) is 11.3 Å². The Labute approximate surface area is 128 Å². The highest BCUT2D eigenvalue weighted by atomic mass is 32.1. The van der Waals surface area contributed by atoms with Crippen molar-refractivity contribution in [1.82, 2.24) is 10.3 Å². The van der Waals surface area contributed by atoms with E-state index in [1.54, 1.807) is 31.1 Å². The molecule has 2 rings (SSSR count). The summed E-state index contributed by atoms with van der Waals surface area (Å²) in [4.78, 5) is 4.20. The number of thiazole rings is 1. The third kappa shape index (κ3) is 4.09. The fraction of sp³-hybridized carbons (Fsp3) is 0.400. The standard InChI is InChI=1S/C15H20N2O3S/c1-4-16-7-11-5-13(18-2)15(14(6-11)19-3)20-8-12-9-21-10-17-12/h5-6,9-10,16H,4,7-8H2,1-3H3. The van der Waals surface area contributed by atoms with Gasteiger partial charge in [-0.25, -0.2) is 4.98 Å². The maximum absolute atomic E-state index is 5.83. The first-order valence-corrected chi connectivity index (χ1v) is 7.68. The van der Waals surface area contributed by atoms with E-state index in [2.05, 4.69) is 17.2 Å². The molecule has 0 aliphatic carbocycles. The van der Waals surface area contributed by atoms with Crippen LogP contribution < -0.4 is 19.5 Å². The summed E-state index contributed by atoms with van der Waals surface area (Å²) in [7, 11) is 3.25. The van der Waals surface area contributed by atoms with Gasteiger partial charge in [0.1, 0.15) is 6.61 Å². The van der Waals surface area contributed by atoms with Crippen LogP contribution in [0.15, 0.2) is 23.0 Å². The second-order valence-corrected chi connectivity index (χ2v) is 5.10. The van der Waals surface area contributed by atoms with Gasteiger partial charge < -0.3 is 19.5 Å². The van der Waals surface area contributed by atoms with Gasteiger partial charge in [0.25, 0.3) is 0 Å². The molecule has 0 fully saturated rings. The van der Waals surface area contributed by atoms with Gasteiger partial charge in [-0.2, -0.15) is 0 Å². The lowest BCUT2D eigenvalue weighted by molar-refractivity contribution is 0.263. The van der Waals surface area contributed by atoms with Crippen molar-refractivity contribution in [1.29, 1.82) is 0 Å². The minimum Gasteiger partial charge on any atom is -0.493 e. The number of nitrogens with one attached hydrogen (secondary N) is 1. The summed E-state index contributed by atoms with van der Waals surface area (Å²) < 4.78 is 16.7. The van der Waals surface area contributed by atoms with Gasteiger partial charge in [0.05, 0.1) is 25.4 Å². The summed E-state index contributed by atoms with van der Waals surface area (Å²) in [6.45, 7) is 4.13. The van der Waals surface area contributed by atoms with Gasteiger partial charge in [0.15, 0.2) is 11.5 Å². The molecule has 2 aromatic rings. The van der Waals surface area contributed by atoms with Gasteiger partial charge in [-0.05, 0) is 24.2 Å². The SMILES string of the molecule is CCNCc1cc(OC)c(OCc2cscn2)c(OC)c1. The second-order valence-electron chi connectivity index (χ2n) is 4.38. The van der Waals surface area contributed by atoms with E-state index in [0.717, 1.165) is 24.3 Å². The number of ether oxygens (including phenoxy) is 3. The maximum Gasteiger partial charge on any atom is 0.203 e. The van der Waals surface area contributed by atoms with E-state index in [1.165, 1.54) is 0 Å². The van der Waals surface area contributed by atoms with Crippen LogP contribution in [0.2, 0.25) is 0 Å². The number of aromatic nitrogens is 1. The summed E-state index contributed by atoms with van der Waals surface area (Å²) in [6, 6.07) is 3.92. The van der Waals surface area contributed by atoms with Crippen molar-refractivity contribution >= 4 is 11.3 Å². The molecule has 0 saturated carbocycles. The molecule has 0 bridgehead atoms. The molecule has 6 heteroatoms. The van der Waals surface area contributed by atoms with E-state index >= 15 is 0 Å². The van der Waals surface area contributed by atoms with Crippen LogP contribution in [0.25, 0.3) is 0 Å². The van der Waals surface area contributed by atoms with Gasteiger partial charge in [-0.3, -0.25) is 0 Å². The average molecular weight is 308 g/mol. The Morgan fingerprint density at radius 1 is 1.19 bits per heavy atom. The first-order valence-electron chi connectivity index (χ1n) is 6.74. The quantitative estimate of drug-likeness (QED) is 0.812. The number of hydrogen-bond donors (Lipinski definition) is 1. The molecule has 21 heavy (non-hydrogen) atoms. The van der Waals surface area contributed by atoms with Gasteiger partial charge in [0, 0.05) is 11.9 Å². The zero-order chi connectivity index (χ0) is 15.1. The molecule has 0 aliphatic rings. The summed E-state index contributed by atoms with van der Waals surface area (Å²) >= 11 is 1.54. The van der Waals surface area contributed by atoms with Crippen LogP contribution >= 0.6 is 11.3 Å². The van der Waals surface area contributed by atoms with Crippen LogP contribution in [0.4, 0.5) is 0 Å². The van der Waals surface area contributed by atoms with Crippen molar-refractivity contribution in [2.45, 2.75) is 20.1 Å². The van der Waals surface area contributed by atoms with E-state index < -0.39 is 0 Å². The third-order valence-corrected chi connectivity index (χ3v) is 3.58. The number of rotatable bonds is 8. The van der Waals surface area contributed by atoms with E-state index in [-0.39, 0.29) is 0 Å². The van der Waals surface area contributed by atoms with Crippen LogP contribution in [0, 0.1) is 0 Å². The van der Waals surface area contributed by atoms with E-state index in [1.807, 2.05) is 17.5 Å². The number of methoxy groups -OCH3 is 2. The first-order chi connectivity index (χ1) is 10.3. The zero-order valence-electron chi connectivity index (χ0n) is 12.5. The molecule has 0 saturated heterocycles. The van der Waals surface area contributed by atoms with Crippen molar-refractivity contribution in [3.05, 3.63) is 34.3 Å². The van der Waals surface area contributed by atoms with Gasteiger partial charge in [-0.1, -0.05) is 6.92 Å². The minimum absolute atomic E-state index is 0.392. The molecule has 0 spiro atoms. The highest BCUT2D eigenvalue weighted by molar-refractivity contribution is 7.07. The molecule has 0 amide bonds. The fourth-order valence-corrected chi connectivity index (χ4v) is 2.45. The largest absolute Gasteiger partial charge is 0.493 e. The molecule has 0 radical (unpaired) electrons. The van der Waals surface area contributed by atoms with Crippen LogP contribution in [0.1, 0.15) is 18.2 Å². The molecular weight excluding hydrogens is 288 g/mol. The molecule has 1 aromatic heterocycles. The zero-order valence-corrected chi connectivity index (χ0v) is 13.3. The van der Waals surface area contributed by atoms with Gasteiger partial charge >= 0.3 is 0 Å². The Balaban J connectivity index is 2.21. The molecule has 114 valence electrons. The first kappa shape index (κ1) is 15.6. The summed E-state index contributed by atoms with van der Waals surface area (Å²) in [5, 5.41) is 5.24. The normalized spacial score (nSPS) is 10.4. The highest BCUT2D eigenvalue weighted by Crippen LogP contribution is 2.39. The van der Waals surface area contributed by atoms with Gasteiger partial charge in [0.2, 0.25) is 5.75 Å². The fourth-order valence-electron chi connectivity index (χ4n) is 1.90. The number of nitrogens with zero attached hydrogens (tertiary/aromatic N) is 1. The molecule has 0 atom stereocenters. The molecule has 1 aromatic carbocycles. The van der Waals surface area contributed by atoms with Crippen LogP contribution in [0.5, 0.6) is 17.2 Å². The topological polar surface area (TPSA) is 52.6 Å². The van der Waals surface area contributed by atoms with Crippen molar-refractivity contribution < 1.29 is 14.2 Å². The molecular formula is C15H20N2O3S. The monoisotopic (exact) mass is 308 g/mol. The lowest BCUT2D eigenvalue weighted by Crippen LogP contribution is -2.12. The van der Waals surface area contributed by atoms with Crippen molar-refractivity contribution in [3.8, 4) is 17.2 Å². The minimum atomic E-state index is 0.392. The van der Waals surface area contributed by atoms with E-state index in [9.17, 15) is 0 Å². The van der Waals surface area contributed by atoms with Crippen molar-refractivity contribution in [2.24, 2.45) is 0 Å². The Bertz CT molecular complexity index is 533. The summed E-state index contributed by atoms with van der Waals surface area (Å²) in [6.07, 6.45) is 0. The van der Waals surface area contributed by atoms with Crippen LogP contribution in [-0.2, 0) is 13.2 Å². The molecule has 0 unspecified atom stereocenters. The maximum atomic E-state index is 5.83. The molecule has 1 N–H and O–H groups in total. The molecule has 0 aliphatic heterocycles. The third-order valence-electron chi connectivity index (χ3n) is 2.95. The highest BCUT2D eigenvalue weighted by Gasteiger charge is 2.14. The Hall–Kier alpha value is -1.79. The van der Waals surface area contributed by atoms with Crippen LogP contribution in [0.3, 0.4) is 0 Å².